The molecule has 1 amide bonds. The Morgan fingerprint density at radius 2 is 2.30 bits per heavy atom. The van der Waals surface area contributed by atoms with Crippen LogP contribution in [0.25, 0.3) is 0 Å². The second kappa shape index (κ2) is 6.68. The predicted molar refractivity (Wildman–Crippen MR) is 91.8 cm³/mol. The van der Waals surface area contributed by atoms with Crippen LogP contribution in [0, 0.1) is 6.92 Å². The van der Waals surface area contributed by atoms with Crippen molar-refractivity contribution in [2.45, 2.75) is 25.4 Å². The summed E-state index contributed by atoms with van der Waals surface area (Å²) in [6, 6.07) is 9.74. The quantitative estimate of drug-likeness (QED) is 0.876. The summed E-state index contributed by atoms with van der Waals surface area (Å²) in [5.74, 6) is 0.820. The molecule has 5 nitrogen and oxygen atoms in total. The maximum atomic E-state index is 12.0. The molecule has 3 rings (SSSR count). The number of hydrogen-bond donors (Lipinski definition) is 2. The lowest BCUT2D eigenvalue weighted by Gasteiger charge is -2.24. The summed E-state index contributed by atoms with van der Waals surface area (Å²) in [6.45, 7) is 3.54. The molecule has 2 aromatic rings. The topological polar surface area (TPSA) is 65.5 Å². The van der Waals surface area contributed by atoms with Gasteiger partial charge >= 0.3 is 0 Å². The van der Waals surface area contributed by atoms with E-state index in [1.807, 2.05) is 37.3 Å². The number of aliphatic hydroxyl groups is 1. The van der Waals surface area contributed by atoms with E-state index in [0.29, 0.717) is 19.4 Å². The number of thiophene rings is 1. The lowest BCUT2D eigenvalue weighted by atomic mass is 10.0. The van der Waals surface area contributed by atoms with E-state index in [-0.39, 0.29) is 12.5 Å². The Morgan fingerprint density at radius 1 is 1.43 bits per heavy atom. The molecule has 3 heterocycles. The van der Waals surface area contributed by atoms with Gasteiger partial charge in [0.25, 0.3) is 0 Å². The van der Waals surface area contributed by atoms with Crippen LogP contribution in [0.2, 0.25) is 0 Å². The Balaban J connectivity index is 1.51. The molecular formula is C17H21N3O2S. The SMILES string of the molecule is Cc1ccc(CC(=O)NCC2(O)CCN(c3ccccn3)C2)s1. The molecule has 1 atom stereocenters. The van der Waals surface area contributed by atoms with Crippen LogP contribution in [0.5, 0.6) is 0 Å². The molecule has 0 bridgehead atoms. The van der Waals surface area contributed by atoms with Crippen molar-refractivity contribution in [3.63, 3.8) is 0 Å². The number of hydrogen-bond acceptors (Lipinski definition) is 5. The number of pyridine rings is 1. The number of aromatic nitrogens is 1. The molecule has 0 saturated carbocycles. The van der Waals surface area contributed by atoms with Gasteiger partial charge in [0, 0.05) is 35.6 Å². The number of aryl methyl sites for hydroxylation is 1. The minimum Gasteiger partial charge on any atom is -0.386 e. The van der Waals surface area contributed by atoms with Crippen molar-refractivity contribution in [3.05, 3.63) is 46.3 Å². The van der Waals surface area contributed by atoms with E-state index in [1.165, 1.54) is 4.88 Å². The number of carbonyl (C=O) groups excluding carboxylic acids is 1. The van der Waals surface area contributed by atoms with Gasteiger partial charge in [0.05, 0.1) is 6.42 Å². The first-order valence-electron chi connectivity index (χ1n) is 7.74. The molecular weight excluding hydrogens is 310 g/mol. The third-order valence-electron chi connectivity index (χ3n) is 4.05. The van der Waals surface area contributed by atoms with E-state index in [0.717, 1.165) is 17.2 Å². The minimum atomic E-state index is -0.890. The average Bonchev–Trinajstić information content (AvgIpc) is 3.13. The Kier molecular flexibility index (Phi) is 4.63. The molecule has 2 aromatic heterocycles. The molecule has 0 aromatic carbocycles. The van der Waals surface area contributed by atoms with E-state index in [9.17, 15) is 9.90 Å². The van der Waals surface area contributed by atoms with Gasteiger partial charge in [0.1, 0.15) is 11.4 Å². The molecule has 6 heteroatoms. The van der Waals surface area contributed by atoms with Crippen molar-refractivity contribution in [2.75, 3.05) is 24.5 Å². The van der Waals surface area contributed by atoms with Crippen molar-refractivity contribution in [1.29, 1.82) is 0 Å². The van der Waals surface area contributed by atoms with Crippen molar-refractivity contribution in [1.82, 2.24) is 10.3 Å². The molecule has 1 unspecified atom stereocenters. The summed E-state index contributed by atoms with van der Waals surface area (Å²) in [7, 11) is 0. The van der Waals surface area contributed by atoms with Crippen LogP contribution in [-0.2, 0) is 11.2 Å². The number of nitrogens with one attached hydrogen (secondary N) is 1. The summed E-state index contributed by atoms with van der Waals surface area (Å²) in [4.78, 5) is 20.6. The summed E-state index contributed by atoms with van der Waals surface area (Å²) in [6.07, 6.45) is 2.75. The van der Waals surface area contributed by atoms with Gasteiger partial charge in [-0.05, 0) is 37.6 Å². The molecule has 2 N–H and O–H groups in total. The fourth-order valence-corrected chi connectivity index (χ4v) is 3.69. The van der Waals surface area contributed by atoms with E-state index < -0.39 is 5.60 Å². The van der Waals surface area contributed by atoms with Crippen LogP contribution in [0.1, 0.15) is 16.2 Å². The lowest BCUT2D eigenvalue weighted by molar-refractivity contribution is -0.121. The van der Waals surface area contributed by atoms with Crippen LogP contribution >= 0.6 is 11.3 Å². The first-order chi connectivity index (χ1) is 11.0. The van der Waals surface area contributed by atoms with Crippen molar-refractivity contribution in [2.24, 2.45) is 0 Å². The normalized spacial score (nSPS) is 20.7. The second-order valence-electron chi connectivity index (χ2n) is 6.05. The Hall–Kier alpha value is -1.92. The molecule has 1 saturated heterocycles. The first kappa shape index (κ1) is 16.0. The first-order valence-corrected chi connectivity index (χ1v) is 8.56. The zero-order valence-electron chi connectivity index (χ0n) is 13.2. The van der Waals surface area contributed by atoms with Gasteiger partial charge in [-0.1, -0.05) is 6.07 Å². The van der Waals surface area contributed by atoms with Crippen molar-refractivity contribution >= 4 is 23.1 Å². The lowest BCUT2D eigenvalue weighted by Crippen LogP contribution is -2.45. The number of β-amino-alcohol motifs (C(OH)–C–C–N with tert-alkyl or cyclic N) is 1. The molecule has 23 heavy (non-hydrogen) atoms. The smallest absolute Gasteiger partial charge is 0.225 e. The number of rotatable bonds is 5. The van der Waals surface area contributed by atoms with E-state index >= 15 is 0 Å². The van der Waals surface area contributed by atoms with E-state index in [1.54, 1.807) is 17.5 Å². The van der Waals surface area contributed by atoms with Gasteiger partial charge < -0.3 is 15.3 Å². The standard InChI is InChI=1S/C17H21N3O2S/c1-13-5-6-14(23-13)10-16(21)19-11-17(22)7-9-20(12-17)15-4-2-3-8-18-15/h2-6,8,22H,7,9-12H2,1H3,(H,19,21). The predicted octanol–water partition coefficient (Wildman–Crippen LogP) is 1.75. The van der Waals surface area contributed by atoms with Crippen molar-refractivity contribution < 1.29 is 9.90 Å². The largest absolute Gasteiger partial charge is 0.386 e. The fourth-order valence-electron chi connectivity index (χ4n) is 2.80. The number of anilines is 1. The minimum absolute atomic E-state index is 0.0449. The molecule has 0 radical (unpaired) electrons. The van der Waals surface area contributed by atoms with Crippen molar-refractivity contribution in [3.8, 4) is 0 Å². The molecule has 1 aliphatic heterocycles. The summed E-state index contributed by atoms with van der Waals surface area (Å²) in [5.41, 5.74) is -0.890. The van der Waals surface area contributed by atoms with Crippen LogP contribution < -0.4 is 10.2 Å². The van der Waals surface area contributed by atoms with Gasteiger partial charge in [0.15, 0.2) is 0 Å². The highest BCUT2D eigenvalue weighted by molar-refractivity contribution is 7.12. The molecule has 1 aliphatic rings. The van der Waals surface area contributed by atoms with Gasteiger partial charge in [0.2, 0.25) is 5.91 Å². The Labute approximate surface area is 140 Å². The molecule has 0 aliphatic carbocycles. The molecule has 122 valence electrons. The van der Waals surface area contributed by atoms with Crippen LogP contribution in [0.3, 0.4) is 0 Å². The maximum Gasteiger partial charge on any atom is 0.225 e. The van der Waals surface area contributed by atoms with Crippen LogP contribution in [0.15, 0.2) is 36.5 Å². The number of carbonyl (C=O) groups is 1. The van der Waals surface area contributed by atoms with Crippen LogP contribution in [-0.4, -0.2) is 41.2 Å². The third kappa shape index (κ3) is 4.09. The highest BCUT2D eigenvalue weighted by Gasteiger charge is 2.36. The van der Waals surface area contributed by atoms with E-state index in [2.05, 4.69) is 15.2 Å². The van der Waals surface area contributed by atoms with Gasteiger partial charge in [-0.3, -0.25) is 4.79 Å². The molecule has 0 spiro atoms. The Morgan fingerprint density at radius 3 is 3.00 bits per heavy atom. The zero-order valence-corrected chi connectivity index (χ0v) is 14.0. The van der Waals surface area contributed by atoms with Gasteiger partial charge in [-0.15, -0.1) is 11.3 Å². The zero-order chi connectivity index (χ0) is 16.3. The number of nitrogens with zero attached hydrogens (tertiary/aromatic N) is 2. The maximum absolute atomic E-state index is 12.0. The fraction of sp³-hybridized carbons (Fsp3) is 0.412. The molecule has 1 fully saturated rings. The number of amides is 1. The highest BCUT2D eigenvalue weighted by Crippen LogP contribution is 2.24. The van der Waals surface area contributed by atoms with Gasteiger partial charge in [-0.2, -0.15) is 0 Å². The monoisotopic (exact) mass is 331 g/mol. The van der Waals surface area contributed by atoms with E-state index in [4.69, 9.17) is 0 Å². The second-order valence-corrected chi connectivity index (χ2v) is 7.42. The average molecular weight is 331 g/mol. The Bertz CT molecular complexity index is 673. The highest BCUT2D eigenvalue weighted by atomic mass is 32.1. The summed E-state index contributed by atoms with van der Waals surface area (Å²) < 4.78 is 0. The third-order valence-corrected chi connectivity index (χ3v) is 5.05. The van der Waals surface area contributed by atoms with Crippen LogP contribution in [0.4, 0.5) is 5.82 Å². The summed E-state index contributed by atoms with van der Waals surface area (Å²) in [5, 5.41) is 13.5. The summed E-state index contributed by atoms with van der Waals surface area (Å²) >= 11 is 1.63. The van der Waals surface area contributed by atoms with Gasteiger partial charge in [-0.25, -0.2) is 4.98 Å².